The minimum absolute atomic E-state index is 0.0755. The summed E-state index contributed by atoms with van der Waals surface area (Å²) in [5.74, 6) is 0. The molecule has 0 aliphatic carbocycles. The molecule has 6 heteroatoms. The number of rotatable bonds is 5. The summed E-state index contributed by atoms with van der Waals surface area (Å²) >= 11 is 0. The van der Waals surface area contributed by atoms with Crippen molar-refractivity contribution in [1.82, 2.24) is 9.62 Å². The summed E-state index contributed by atoms with van der Waals surface area (Å²) in [7, 11) is -3.39. The number of ether oxygens (including phenoxy) is 1. The number of hydrogen-bond acceptors (Lipinski definition) is 4. The van der Waals surface area contributed by atoms with E-state index in [4.69, 9.17) is 4.74 Å². The van der Waals surface area contributed by atoms with Gasteiger partial charge in [-0.2, -0.15) is 4.31 Å². The molecule has 5 nitrogen and oxygen atoms in total. The maximum absolute atomic E-state index is 12.7. The van der Waals surface area contributed by atoms with Crippen LogP contribution in [-0.2, 0) is 21.3 Å². The Hall–Kier alpha value is -0.950. The van der Waals surface area contributed by atoms with E-state index in [9.17, 15) is 8.42 Å². The minimum Gasteiger partial charge on any atom is -0.372 e. The first kappa shape index (κ1) is 15.0. The second-order valence-electron chi connectivity index (χ2n) is 5.70. The third-order valence-electron chi connectivity index (χ3n) is 4.15. The Morgan fingerprint density at radius 3 is 2.38 bits per heavy atom. The molecule has 2 unspecified atom stereocenters. The second kappa shape index (κ2) is 6.04. The Morgan fingerprint density at radius 1 is 1.19 bits per heavy atom. The van der Waals surface area contributed by atoms with Crippen LogP contribution in [0.3, 0.4) is 0 Å². The molecule has 116 valence electrons. The summed E-state index contributed by atoms with van der Waals surface area (Å²) in [6, 6.07) is 7.17. The zero-order valence-electron chi connectivity index (χ0n) is 12.3. The van der Waals surface area contributed by atoms with E-state index in [0.717, 1.165) is 31.5 Å². The third kappa shape index (κ3) is 3.13. The Bertz CT molecular complexity index is 573. The molecule has 2 saturated heterocycles. The molecular weight excluding hydrogens is 288 g/mol. The zero-order valence-corrected chi connectivity index (χ0v) is 13.1. The Labute approximate surface area is 126 Å². The van der Waals surface area contributed by atoms with Crippen LogP contribution in [-0.4, -0.2) is 44.6 Å². The van der Waals surface area contributed by atoms with Gasteiger partial charge in [-0.1, -0.05) is 19.1 Å². The molecule has 1 N–H and O–H groups in total. The second-order valence-corrected chi connectivity index (χ2v) is 7.64. The van der Waals surface area contributed by atoms with E-state index < -0.39 is 10.0 Å². The summed E-state index contributed by atoms with van der Waals surface area (Å²) in [5.41, 5.74) is 1.10. The van der Waals surface area contributed by atoms with E-state index in [-0.39, 0.29) is 12.2 Å². The lowest BCUT2D eigenvalue weighted by molar-refractivity contribution is -0.0114. The van der Waals surface area contributed by atoms with E-state index in [1.807, 2.05) is 19.1 Å². The van der Waals surface area contributed by atoms with E-state index >= 15 is 0 Å². The first-order valence-electron chi connectivity index (χ1n) is 7.55. The Kier molecular flexibility index (Phi) is 4.31. The SMILES string of the molecule is CCNCc1ccc(S(=O)(=O)N2CC3CCC(C2)O3)cc1. The lowest BCUT2D eigenvalue weighted by Gasteiger charge is -2.31. The maximum atomic E-state index is 12.7. The quantitative estimate of drug-likeness (QED) is 0.892. The molecule has 0 saturated carbocycles. The highest BCUT2D eigenvalue weighted by atomic mass is 32.2. The molecule has 2 atom stereocenters. The summed E-state index contributed by atoms with van der Waals surface area (Å²) in [5, 5.41) is 3.23. The smallest absolute Gasteiger partial charge is 0.243 e. The Balaban J connectivity index is 1.75. The molecule has 21 heavy (non-hydrogen) atoms. The van der Waals surface area contributed by atoms with Gasteiger partial charge in [0.1, 0.15) is 0 Å². The molecule has 0 spiro atoms. The van der Waals surface area contributed by atoms with Crippen molar-refractivity contribution in [2.75, 3.05) is 19.6 Å². The molecular formula is C15H22N2O3S. The van der Waals surface area contributed by atoms with Crippen molar-refractivity contribution in [3.8, 4) is 0 Å². The summed E-state index contributed by atoms with van der Waals surface area (Å²) in [6.07, 6.45) is 2.09. The van der Waals surface area contributed by atoms with Crippen LogP contribution in [0.4, 0.5) is 0 Å². The number of morpholine rings is 1. The van der Waals surface area contributed by atoms with Gasteiger partial charge in [0.2, 0.25) is 10.0 Å². The zero-order chi connectivity index (χ0) is 14.9. The van der Waals surface area contributed by atoms with Crippen molar-refractivity contribution >= 4 is 10.0 Å². The van der Waals surface area contributed by atoms with Gasteiger partial charge < -0.3 is 10.1 Å². The van der Waals surface area contributed by atoms with Gasteiger partial charge in [0.15, 0.2) is 0 Å². The van der Waals surface area contributed by atoms with Crippen LogP contribution in [0.1, 0.15) is 25.3 Å². The van der Waals surface area contributed by atoms with Crippen molar-refractivity contribution in [1.29, 1.82) is 0 Å². The molecule has 0 radical (unpaired) electrons. The molecule has 3 rings (SSSR count). The van der Waals surface area contributed by atoms with Gasteiger partial charge in [0, 0.05) is 19.6 Å². The lowest BCUT2D eigenvalue weighted by atomic mass is 10.2. The number of benzene rings is 1. The predicted octanol–water partition coefficient (Wildman–Crippen LogP) is 1.35. The number of hydrogen-bond donors (Lipinski definition) is 1. The first-order chi connectivity index (χ1) is 10.1. The molecule has 1 aromatic carbocycles. The molecule has 2 aliphatic rings. The van der Waals surface area contributed by atoms with Gasteiger partial charge in [0.25, 0.3) is 0 Å². The van der Waals surface area contributed by atoms with Crippen LogP contribution in [0.15, 0.2) is 29.2 Å². The maximum Gasteiger partial charge on any atom is 0.243 e. The fourth-order valence-corrected chi connectivity index (χ4v) is 4.47. The van der Waals surface area contributed by atoms with Crippen LogP contribution in [0.25, 0.3) is 0 Å². The molecule has 2 bridgehead atoms. The summed E-state index contributed by atoms with van der Waals surface area (Å²) in [4.78, 5) is 0.379. The first-order valence-corrected chi connectivity index (χ1v) is 8.99. The highest BCUT2D eigenvalue weighted by Crippen LogP contribution is 2.29. The molecule has 1 aromatic rings. The lowest BCUT2D eigenvalue weighted by Crippen LogP contribution is -2.45. The highest BCUT2D eigenvalue weighted by molar-refractivity contribution is 7.89. The summed E-state index contributed by atoms with van der Waals surface area (Å²) in [6.45, 7) is 4.68. The van der Waals surface area contributed by atoms with Crippen molar-refractivity contribution in [2.45, 2.75) is 43.4 Å². The predicted molar refractivity (Wildman–Crippen MR) is 80.5 cm³/mol. The standard InChI is InChI=1S/C15H22N2O3S/c1-2-16-9-12-3-7-15(8-4-12)21(18,19)17-10-13-5-6-14(11-17)20-13/h3-4,7-8,13-14,16H,2,5-6,9-11H2,1H3. The van der Waals surface area contributed by atoms with Crippen molar-refractivity contribution in [3.63, 3.8) is 0 Å². The van der Waals surface area contributed by atoms with Gasteiger partial charge in [-0.3, -0.25) is 0 Å². The van der Waals surface area contributed by atoms with Crippen LogP contribution < -0.4 is 5.32 Å². The van der Waals surface area contributed by atoms with Crippen molar-refractivity contribution in [2.24, 2.45) is 0 Å². The fourth-order valence-electron chi connectivity index (χ4n) is 2.97. The summed E-state index contributed by atoms with van der Waals surface area (Å²) < 4.78 is 32.7. The molecule has 2 heterocycles. The normalized spacial score (nSPS) is 26.1. The number of sulfonamides is 1. The van der Waals surface area contributed by atoms with Crippen LogP contribution >= 0.6 is 0 Å². The average Bonchev–Trinajstić information content (AvgIpc) is 2.83. The van der Waals surface area contributed by atoms with Gasteiger partial charge in [-0.25, -0.2) is 8.42 Å². The molecule has 2 fully saturated rings. The fraction of sp³-hybridized carbons (Fsp3) is 0.600. The van der Waals surface area contributed by atoms with E-state index in [0.29, 0.717) is 18.0 Å². The average molecular weight is 310 g/mol. The monoisotopic (exact) mass is 310 g/mol. The van der Waals surface area contributed by atoms with Crippen molar-refractivity contribution < 1.29 is 13.2 Å². The van der Waals surface area contributed by atoms with Gasteiger partial charge in [-0.05, 0) is 37.1 Å². The third-order valence-corrected chi connectivity index (χ3v) is 6.00. The van der Waals surface area contributed by atoms with Gasteiger partial charge >= 0.3 is 0 Å². The topological polar surface area (TPSA) is 58.6 Å². The van der Waals surface area contributed by atoms with Crippen molar-refractivity contribution in [3.05, 3.63) is 29.8 Å². The van der Waals surface area contributed by atoms with E-state index in [1.165, 1.54) is 0 Å². The van der Waals surface area contributed by atoms with Crippen LogP contribution in [0.2, 0.25) is 0 Å². The molecule has 0 amide bonds. The largest absolute Gasteiger partial charge is 0.372 e. The van der Waals surface area contributed by atoms with Gasteiger partial charge in [0.05, 0.1) is 17.1 Å². The highest BCUT2D eigenvalue weighted by Gasteiger charge is 2.39. The minimum atomic E-state index is -3.39. The van der Waals surface area contributed by atoms with Crippen LogP contribution in [0.5, 0.6) is 0 Å². The number of fused-ring (bicyclic) bond motifs is 2. The molecule has 0 aromatic heterocycles. The number of nitrogens with zero attached hydrogens (tertiary/aromatic N) is 1. The van der Waals surface area contributed by atoms with Gasteiger partial charge in [-0.15, -0.1) is 0 Å². The Morgan fingerprint density at radius 2 is 1.81 bits per heavy atom. The van der Waals surface area contributed by atoms with Crippen LogP contribution in [0, 0.1) is 0 Å². The molecule has 2 aliphatic heterocycles. The van der Waals surface area contributed by atoms with E-state index in [1.54, 1.807) is 16.4 Å². The van der Waals surface area contributed by atoms with E-state index in [2.05, 4.69) is 5.32 Å². The number of nitrogens with one attached hydrogen (secondary N) is 1.